The van der Waals surface area contributed by atoms with Gasteiger partial charge in [-0.3, -0.25) is 9.59 Å². The summed E-state index contributed by atoms with van der Waals surface area (Å²) in [6, 6.07) is 13.7. The molecule has 0 fully saturated rings. The second-order valence-electron chi connectivity index (χ2n) is 5.17. The summed E-state index contributed by atoms with van der Waals surface area (Å²) >= 11 is 1.59. The SMILES string of the molecule is CSCC[C@H](NC(=O)c1ccccc1)C(=O)Nc1cccc(F)c1. The maximum Gasteiger partial charge on any atom is 0.251 e. The van der Waals surface area contributed by atoms with Crippen molar-refractivity contribution in [2.75, 3.05) is 17.3 Å². The minimum Gasteiger partial charge on any atom is -0.340 e. The molecule has 2 aromatic carbocycles. The summed E-state index contributed by atoms with van der Waals surface area (Å²) < 4.78 is 13.2. The molecule has 2 amide bonds. The molecule has 0 unspecified atom stereocenters. The third-order valence-corrected chi connectivity index (χ3v) is 4.00. The molecular weight excluding hydrogens is 327 g/mol. The van der Waals surface area contributed by atoms with Crippen molar-refractivity contribution in [2.45, 2.75) is 12.5 Å². The average Bonchev–Trinajstić information content (AvgIpc) is 2.59. The van der Waals surface area contributed by atoms with E-state index in [4.69, 9.17) is 0 Å². The first-order valence-electron chi connectivity index (χ1n) is 7.51. The number of hydrogen-bond donors (Lipinski definition) is 2. The Labute approximate surface area is 144 Å². The quantitative estimate of drug-likeness (QED) is 0.809. The number of halogens is 1. The summed E-state index contributed by atoms with van der Waals surface area (Å²) in [7, 11) is 0. The van der Waals surface area contributed by atoms with Crippen LogP contribution in [0.5, 0.6) is 0 Å². The van der Waals surface area contributed by atoms with Crippen LogP contribution < -0.4 is 10.6 Å². The van der Waals surface area contributed by atoms with Gasteiger partial charge in [-0.15, -0.1) is 0 Å². The Kier molecular flexibility index (Phi) is 6.81. The fourth-order valence-corrected chi connectivity index (χ4v) is 2.60. The van der Waals surface area contributed by atoms with E-state index in [1.807, 2.05) is 12.3 Å². The number of thioether (sulfide) groups is 1. The van der Waals surface area contributed by atoms with Crippen molar-refractivity contribution in [3.63, 3.8) is 0 Å². The van der Waals surface area contributed by atoms with Crippen molar-refractivity contribution in [2.24, 2.45) is 0 Å². The molecule has 0 heterocycles. The lowest BCUT2D eigenvalue weighted by molar-refractivity contribution is -0.118. The highest BCUT2D eigenvalue weighted by Crippen LogP contribution is 2.11. The summed E-state index contributed by atoms with van der Waals surface area (Å²) in [5, 5.41) is 5.39. The first-order chi connectivity index (χ1) is 11.6. The van der Waals surface area contributed by atoms with E-state index < -0.39 is 11.9 Å². The van der Waals surface area contributed by atoms with Gasteiger partial charge in [0.25, 0.3) is 5.91 Å². The second-order valence-corrected chi connectivity index (χ2v) is 6.16. The monoisotopic (exact) mass is 346 g/mol. The Morgan fingerprint density at radius 2 is 1.88 bits per heavy atom. The van der Waals surface area contributed by atoms with Crippen LogP contribution >= 0.6 is 11.8 Å². The average molecular weight is 346 g/mol. The van der Waals surface area contributed by atoms with Crippen LogP contribution in [-0.4, -0.2) is 29.9 Å². The van der Waals surface area contributed by atoms with Crippen LogP contribution in [0.4, 0.5) is 10.1 Å². The smallest absolute Gasteiger partial charge is 0.251 e. The second kappa shape index (κ2) is 9.08. The molecule has 2 N–H and O–H groups in total. The number of benzene rings is 2. The summed E-state index contributed by atoms with van der Waals surface area (Å²) in [5.41, 5.74) is 0.855. The van der Waals surface area contributed by atoms with E-state index in [0.29, 0.717) is 17.7 Å². The van der Waals surface area contributed by atoms with Gasteiger partial charge < -0.3 is 10.6 Å². The Morgan fingerprint density at radius 1 is 1.12 bits per heavy atom. The fourth-order valence-electron chi connectivity index (χ4n) is 2.13. The van der Waals surface area contributed by atoms with Crippen LogP contribution in [-0.2, 0) is 4.79 Å². The molecule has 1 atom stereocenters. The predicted octanol–water partition coefficient (Wildman–Crippen LogP) is 3.32. The van der Waals surface area contributed by atoms with E-state index in [9.17, 15) is 14.0 Å². The Morgan fingerprint density at radius 3 is 2.54 bits per heavy atom. The Balaban J connectivity index is 2.06. The first kappa shape index (κ1) is 18.0. The molecule has 0 spiro atoms. The van der Waals surface area contributed by atoms with Crippen LogP contribution in [0.3, 0.4) is 0 Å². The van der Waals surface area contributed by atoms with E-state index in [2.05, 4.69) is 10.6 Å². The first-order valence-corrected chi connectivity index (χ1v) is 8.91. The summed E-state index contributed by atoms with van der Waals surface area (Å²) in [5.74, 6) is -0.382. The lowest BCUT2D eigenvalue weighted by Gasteiger charge is -2.18. The largest absolute Gasteiger partial charge is 0.340 e. The van der Waals surface area contributed by atoms with Crippen LogP contribution in [0.15, 0.2) is 54.6 Å². The highest BCUT2D eigenvalue weighted by Gasteiger charge is 2.21. The van der Waals surface area contributed by atoms with Crippen LogP contribution in [0.2, 0.25) is 0 Å². The van der Waals surface area contributed by atoms with E-state index >= 15 is 0 Å². The normalized spacial score (nSPS) is 11.6. The Bertz CT molecular complexity index is 694. The zero-order valence-electron chi connectivity index (χ0n) is 13.3. The molecule has 0 aliphatic carbocycles. The lowest BCUT2D eigenvalue weighted by Crippen LogP contribution is -2.44. The molecule has 0 aliphatic heterocycles. The molecule has 0 aromatic heterocycles. The Hall–Kier alpha value is -2.34. The number of carbonyl (C=O) groups is 2. The molecule has 0 radical (unpaired) electrons. The number of hydrogen-bond acceptors (Lipinski definition) is 3. The van der Waals surface area contributed by atoms with Gasteiger partial charge in [0.15, 0.2) is 0 Å². The molecule has 0 aliphatic rings. The van der Waals surface area contributed by atoms with Gasteiger partial charge in [-0.2, -0.15) is 11.8 Å². The number of nitrogens with one attached hydrogen (secondary N) is 2. The summed E-state index contributed by atoms with van der Waals surface area (Å²) in [6.07, 6.45) is 2.42. The maximum atomic E-state index is 13.2. The van der Waals surface area contributed by atoms with Crippen LogP contribution in [0.25, 0.3) is 0 Å². The van der Waals surface area contributed by atoms with Crippen molar-refractivity contribution in [3.05, 3.63) is 66.0 Å². The molecule has 2 aromatic rings. The lowest BCUT2D eigenvalue weighted by atomic mass is 10.1. The minimum absolute atomic E-state index is 0.309. The molecule has 4 nitrogen and oxygen atoms in total. The third-order valence-electron chi connectivity index (χ3n) is 3.36. The maximum absolute atomic E-state index is 13.2. The zero-order chi connectivity index (χ0) is 17.4. The highest BCUT2D eigenvalue weighted by molar-refractivity contribution is 7.98. The van der Waals surface area contributed by atoms with Gasteiger partial charge in [0, 0.05) is 11.3 Å². The van der Waals surface area contributed by atoms with Crippen molar-refractivity contribution < 1.29 is 14.0 Å². The van der Waals surface area contributed by atoms with Crippen LogP contribution in [0, 0.1) is 5.82 Å². The molecule has 0 bridgehead atoms. The minimum atomic E-state index is -0.687. The number of amides is 2. The molecule has 24 heavy (non-hydrogen) atoms. The van der Waals surface area contributed by atoms with E-state index in [1.54, 1.807) is 42.1 Å². The molecule has 6 heteroatoms. The van der Waals surface area contributed by atoms with Crippen molar-refractivity contribution >= 4 is 29.3 Å². The summed E-state index contributed by atoms with van der Waals surface area (Å²) in [4.78, 5) is 24.7. The van der Waals surface area contributed by atoms with Gasteiger partial charge in [-0.25, -0.2) is 4.39 Å². The van der Waals surface area contributed by atoms with Gasteiger partial charge in [0.1, 0.15) is 11.9 Å². The van der Waals surface area contributed by atoms with Gasteiger partial charge in [-0.1, -0.05) is 24.3 Å². The van der Waals surface area contributed by atoms with Crippen molar-refractivity contribution in [1.82, 2.24) is 5.32 Å². The summed E-state index contributed by atoms with van der Waals surface area (Å²) in [6.45, 7) is 0. The van der Waals surface area contributed by atoms with E-state index in [0.717, 1.165) is 5.75 Å². The molecule has 0 saturated heterocycles. The molecule has 126 valence electrons. The van der Waals surface area contributed by atoms with Crippen molar-refractivity contribution in [3.8, 4) is 0 Å². The van der Waals surface area contributed by atoms with Gasteiger partial charge in [0.2, 0.25) is 5.91 Å². The highest BCUT2D eigenvalue weighted by atomic mass is 32.2. The molecule has 0 saturated carbocycles. The topological polar surface area (TPSA) is 58.2 Å². The number of anilines is 1. The van der Waals surface area contributed by atoms with E-state index in [1.165, 1.54) is 18.2 Å². The number of carbonyl (C=O) groups excluding carboxylic acids is 2. The zero-order valence-corrected chi connectivity index (χ0v) is 14.1. The van der Waals surface area contributed by atoms with Crippen LogP contribution in [0.1, 0.15) is 16.8 Å². The standard InChI is InChI=1S/C18H19FN2O2S/c1-24-11-10-16(21-17(22)13-6-3-2-4-7-13)18(23)20-15-9-5-8-14(19)12-15/h2-9,12,16H,10-11H2,1H3,(H,20,23)(H,21,22)/t16-/m0/s1. The number of rotatable bonds is 7. The molecule has 2 rings (SSSR count). The van der Waals surface area contributed by atoms with Crippen molar-refractivity contribution in [1.29, 1.82) is 0 Å². The fraction of sp³-hybridized carbons (Fsp3) is 0.222. The predicted molar refractivity (Wildman–Crippen MR) is 95.7 cm³/mol. The van der Waals surface area contributed by atoms with Gasteiger partial charge in [-0.05, 0) is 48.8 Å². The van der Waals surface area contributed by atoms with E-state index in [-0.39, 0.29) is 11.8 Å². The third kappa shape index (κ3) is 5.38. The van der Waals surface area contributed by atoms with Gasteiger partial charge >= 0.3 is 0 Å². The van der Waals surface area contributed by atoms with Gasteiger partial charge in [0.05, 0.1) is 0 Å². The molecular formula is C18H19FN2O2S.